The maximum atomic E-state index is 16.5. The Kier molecular flexibility index (Phi) is 10.5. The van der Waals surface area contributed by atoms with E-state index in [1.165, 1.54) is 6.07 Å². The van der Waals surface area contributed by atoms with E-state index in [-0.39, 0.29) is 29.9 Å². The molecule has 0 bridgehead atoms. The summed E-state index contributed by atoms with van der Waals surface area (Å²) < 4.78 is 39.6. The zero-order valence-corrected chi connectivity index (χ0v) is 28.4. The molecule has 1 amide bonds. The van der Waals surface area contributed by atoms with Crippen LogP contribution in [0.15, 0.2) is 96.4 Å². The number of anilines is 3. The van der Waals surface area contributed by atoms with Gasteiger partial charge in [0.1, 0.15) is 41.5 Å². The van der Waals surface area contributed by atoms with Crippen molar-refractivity contribution in [3.05, 3.63) is 119 Å². The molecule has 48 heavy (non-hydrogen) atoms. The average Bonchev–Trinajstić information content (AvgIpc) is 3.22. The summed E-state index contributed by atoms with van der Waals surface area (Å²) >= 11 is 0. The number of nitrogens with two attached hydrogens (primary N) is 1. The Hall–Kier alpha value is -5.18. The van der Waals surface area contributed by atoms with Crippen LogP contribution in [0.5, 0.6) is 17.2 Å². The molecule has 0 aliphatic carbocycles. The Labute approximate surface area is 282 Å². The van der Waals surface area contributed by atoms with E-state index in [9.17, 15) is 4.79 Å². The molecule has 1 unspecified atom stereocenters. The fourth-order valence-electron chi connectivity index (χ4n) is 5.89. The van der Waals surface area contributed by atoms with Crippen LogP contribution < -0.4 is 30.2 Å². The quantitative estimate of drug-likeness (QED) is 0.148. The number of hydrogen-bond donors (Lipinski definition) is 2. The van der Waals surface area contributed by atoms with Crippen LogP contribution >= 0.6 is 0 Å². The van der Waals surface area contributed by atoms with E-state index in [4.69, 9.17) is 24.7 Å². The Morgan fingerprint density at radius 2 is 1.67 bits per heavy atom. The van der Waals surface area contributed by atoms with Crippen LogP contribution in [0.4, 0.5) is 21.5 Å². The third-order valence-electron chi connectivity index (χ3n) is 8.86. The van der Waals surface area contributed by atoms with E-state index in [0.717, 1.165) is 12.0 Å². The first kappa shape index (κ1) is 34.2. The lowest BCUT2D eigenvalue weighted by atomic mass is 9.84. The van der Waals surface area contributed by atoms with Crippen molar-refractivity contribution in [2.75, 3.05) is 37.3 Å². The summed E-state index contributed by atoms with van der Waals surface area (Å²) in [5, 5.41) is 3.52. The lowest BCUT2D eigenvalue weighted by molar-refractivity contribution is -0.118. The van der Waals surface area contributed by atoms with E-state index < -0.39 is 11.9 Å². The highest BCUT2D eigenvalue weighted by molar-refractivity contribution is 6.02. The first-order valence-electron chi connectivity index (χ1n) is 16.0. The Morgan fingerprint density at radius 3 is 2.33 bits per heavy atom. The van der Waals surface area contributed by atoms with Crippen molar-refractivity contribution in [1.29, 1.82) is 0 Å². The third kappa shape index (κ3) is 7.35. The standard InChI is InChI=1S/C39H44FN3O5/c1-7-39(2,3)23-32-38(47-6)37(29-18-16-28(22-30(29)40)48-24-25-12-9-8-10-13-25)43(33-15-11-14-31(41)36(33)42-32)35(44)21-26-20-27(45-4)17-19-34(26)46-5/h8-20,22,37,42H,7,21,23-24,41H2,1-6H3. The van der Waals surface area contributed by atoms with Gasteiger partial charge in [0.25, 0.3) is 0 Å². The number of allylic oxidation sites excluding steroid dienone is 1. The minimum absolute atomic E-state index is 0.0716. The Morgan fingerprint density at radius 1 is 0.917 bits per heavy atom. The fraction of sp³-hybridized carbons (Fsp3) is 0.308. The van der Waals surface area contributed by atoms with Crippen molar-refractivity contribution in [2.45, 2.75) is 52.7 Å². The SMILES string of the molecule is CCC(C)(C)CC1=C(OC)C(c2ccc(OCc3ccccc3)cc2F)N(C(=O)Cc2cc(OC)ccc2OC)c2cccc(N)c2N1. The summed E-state index contributed by atoms with van der Waals surface area (Å²) in [7, 11) is 4.66. The topological polar surface area (TPSA) is 95.3 Å². The number of para-hydroxylation sites is 1. The predicted octanol–water partition coefficient (Wildman–Crippen LogP) is 8.43. The number of fused-ring (bicyclic) bond motifs is 1. The van der Waals surface area contributed by atoms with E-state index >= 15 is 4.39 Å². The van der Waals surface area contributed by atoms with Gasteiger partial charge in [-0.15, -0.1) is 0 Å². The minimum atomic E-state index is -0.986. The van der Waals surface area contributed by atoms with E-state index in [1.807, 2.05) is 36.4 Å². The van der Waals surface area contributed by atoms with Gasteiger partial charge in [0, 0.05) is 17.2 Å². The summed E-state index contributed by atoms with van der Waals surface area (Å²) in [6, 6.07) is 24.1. The third-order valence-corrected chi connectivity index (χ3v) is 8.86. The fourth-order valence-corrected chi connectivity index (χ4v) is 5.89. The van der Waals surface area contributed by atoms with Crippen molar-refractivity contribution in [3.63, 3.8) is 0 Å². The highest BCUT2D eigenvalue weighted by atomic mass is 19.1. The number of hydrogen-bond acceptors (Lipinski definition) is 7. The molecular weight excluding hydrogens is 609 g/mol. The van der Waals surface area contributed by atoms with Crippen LogP contribution in [0.1, 0.15) is 56.3 Å². The number of nitrogens with one attached hydrogen (secondary N) is 1. The minimum Gasteiger partial charge on any atom is -0.497 e. The van der Waals surface area contributed by atoms with Crippen LogP contribution in [-0.4, -0.2) is 27.2 Å². The first-order valence-corrected chi connectivity index (χ1v) is 16.0. The number of benzene rings is 4. The Balaban J connectivity index is 1.68. The zero-order chi connectivity index (χ0) is 34.4. The number of nitrogens with zero attached hydrogens (tertiary/aromatic N) is 1. The van der Waals surface area contributed by atoms with Crippen LogP contribution in [0.3, 0.4) is 0 Å². The maximum absolute atomic E-state index is 16.5. The Bertz CT molecular complexity index is 1790. The largest absolute Gasteiger partial charge is 0.497 e. The molecule has 252 valence electrons. The van der Waals surface area contributed by atoms with E-state index in [0.29, 0.717) is 57.8 Å². The van der Waals surface area contributed by atoms with Gasteiger partial charge < -0.3 is 30.0 Å². The molecule has 0 saturated carbocycles. The summed E-state index contributed by atoms with van der Waals surface area (Å²) in [6.45, 7) is 6.71. The second-order valence-electron chi connectivity index (χ2n) is 12.6. The molecule has 9 heteroatoms. The van der Waals surface area contributed by atoms with Crippen LogP contribution in [-0.2, 0) is 22.6 Å². The lowest BCUT2D eigenvalue weighted by Gasteiger charge is -2.33. The first-order chi connectivity index (χ1) is 23.1. The van der Waals surface area contributed by atoms with Gasteiger partial charge in [-0.1, -0.05) is 63.6 Å². The van der Waals surface area contributed by atoms with Gasteiger partial charge in [-0.05, 0) is 59.9 Å². The van der Waals surface area contributed by atoms with Gasteiger partial charge >= 0.3 is 0 Å². The number of methoxy groups -OCH3 is 3. The normalized spacial score (nSPS) is 14.5. The van der Waals surface area contributed by atoms with Crippen molar-refractivity contribution in [3.8, 4) is 17.2 Å². The van der Waals surface area contributed by atoms with Gasteiger partial charge in [0.2, 0.25) is 5.91 Å². The molecule has 4 aromatic rings. The summed E-state index contributed by atoms with van der Waals surface area (Å²) in [5.74, 6) is 1.02. The number of amides is 1. The molecule has 0 spiro atoms. The van der Waals surface area contributed by atoms with Crippen LogP contribution in [0, 0.1) is 11.2 Å². The average molecular weight is 654 g/mol. The smallest absolute Gasteiger partial charge is 0.232 e. The molecule has 0 radical (unpaired) electrons. The molecule has 3 N–H and O–H groups in total. The molecular formula is C39H44FN3O5. The highest BCUT2D eigenvalue weighted by Gasteiger charge is 2.40. The van der Waals surface area contributed by atoms with Crippen molar-refractivity contribution < 1.29 is 28.1 Å². The molecule has 1 atom stereocenters. The molecule has 1 aliphatic heterocycles. The molecule has 0 aromatic heterocycles. The second-order valence-corrected chi connectivity index (χ2v) is 12.6. The van der Waals surface area contributed by atoms with Gasteiger partial charge in [-0.3, -0.25) is 9.69 Å². The maximum Gasteiger partial charge on any atom is 0.232 e. The monoisotopic (exact) mass is 653 g/mol. The van der Waals surface area contributed by atoms with Crippen molar-refractivity contribution in [1.82, 2.24) is 0 Å². The molecule has 5 rings (SSSR count). The van der Waals surface area contributed by atoms with Gasteiger partial charge in [0.15, 0.2) is 0 Å². The molecule has 0 fully saturated rings. The summed E-state index contributed by atoms with van der Waals surface area (Å²) in [4.78, 5) is 16.3. The second kappa shape index (κ2) is 14.7. The van der Waals surface area contributed by atoms with Gasteiger partial charge in [0.05, 0.1) is 50.5 Å². The zero-order valence-electron chi connectivity index (χ0n) is 28.4. The van der Waals surface area contributed by atoms with Gasteiger partial charge in [-0.2, -0.15) is 0 Å². The number of carbonyl (C=O) groups is 1. The number of nitrogen functional groups attached to an aromatic ring is 1. The van der Waals surface area contributed by atoms with Crippen molar-refractivity contribution in [2.24, 2.45) is 5.41 Å². The van der Waals surface area contributed by atoms with Crippen molar-refractivity contribution >= 4 is 23.0 Å². The summed E-state index contributed by atoms with van der Waals surface area (Å²) in [5.41, 5.74) is 10.4. The predicted molar refractivity (Wildman–Crippen MR) is 188 cm³/mol. The lowest BCUT2D eigenvalue weighted by Crippen LogP contribution is -2.38. The van der Waals surface area contributed by atoms with E-state index in [1.54, 1.807) is 68.7 Å². The molecule has 8 nitrogen and oxygen atoms in total. The molecule has 0 saturated heterocycles. The molecule has 1 aliphatic rings. The number of ether oxygens (including phenoxy) is 4. The highest BCUT2D eigenvalue weighted by Crippen LogP contribution is 2.47. The number of halogens is 1. The summed E-state index contributed by atoms with van der Waals surface area (Å²) in [6.07, 6.45) is 1.36. The number of carbonyl (C=O) groups excluding carboxylic acids is 1. The van der Waals surface area contributed by atoms with Crippen LogP contribution in [0.25, 0.3) is 0 Å². The molecule has 4 aromatic carbocycles. The number of rotatable bonds is 12. The van der Waals surface area contributed by atoms with Gasteiger partial charge in [-0.25, -0.2) is 4.39 Å². The van der Waals surface area contributed by atoms with Crippen LogP contribution in [0.2, 0.25) is 0 Å². The molecule has 1 heterocycles. The van der Waals surface area contributed by atoms with E-state index in [2.05, 4.69) is 26.1 Å².